The Balaban J connectivity index is 3.62. The molecule has 3 nitrogen and oxygen atoms in total. The van der Waals surface area contributed by atoms with Gasteiger partial charge in [0.15, 0.2) is 5.79 Å². The molecule has 3 heteroatoms. The van der Waals surface area contributed by atoms with Crippen LogP contribution in [0.2, 0.25) is 0 Å². The Labute approximate surface area is 49.3 Å². The molecular weight excluding hydrogens is 106 g/mol. The fraction of sp³-hybridized carbons (Fsp3) is 1.00. The van der Waals surface area contributed by atoms with Crippen LogP contribution in [0.5, 0.6) is 0 Å². The van der Waals surface area contributed by atoms with Crippen LogP contribution in [0.25, 0.3) is 0 Å². The zero-order chi connectivity index (χ0) is 6.78. The minimum Gasteiger partial charge on any atom is -0.365 e. The molecule has 0 aliphatic carbocycles. The van der Waals surface area contributed by atoms with Gasteiger partial charge in [0.2, 0.25) is 0 Å². The maximum Gasteiger partial charge on any atom is 0.175 e. The smallest absolute Gasteiger partial charge is 0.175 e. The molecule has 0 aliphatic rings. The van der Waals surface area contributed by atoms with Crippen molar-refractivity contribution in [3.63, 3.8) is 0 Å². The van der Waals surface area contributed by atoms with Gasteiger partial charge in [0.05, 0.1) is 6.04 Å². The van der Waals surface area contributed by atoms with Crippen molar-refractivity contribution in [1.82, 2.24) is 5.32 Å². The molecule has 0 bridgehead atoms. The van der Waals surface area contributed by atoms with Crippen molar-refractivity contribution in [2.75, 3.05) is 7.05 Å². The molecule has 0 spiro atoms. The van der Waals surface area contributed by atoms with E-state index in [1.165, 1.54) is 6.92 Å². The second-order valence-corrected chi connectivity index (χ2v) is 2.10. The van der Waals surface area contributed by atoms with Crippen LogP contribution < -0.4 is 5.32 Å². The van der Waals surface area contributed by atoms with Gasteiger partial charge in [-0.2, -0.15) is 0 Å². The van der Waals surface area contributed by atoms with Gasteiger partial charge in [0, 0.05) is 0 Å². The van der Waals surface area contributed by atoms with Crippen molar-refractivity contribution in [2.24, 2.45) is 0 Å². The summed E-state index contributed by atoms with van der Waals surface area (Å²) in [6.07, 6.45) is 0. The summed E-state index contributed by atoms with van der Waals surface area (Å²) in [7, 11) is 1.68. The quantitative estimate of drug-likeness (QED) is 0.421. The van der Waals surface area contributed by atoms with Crippen LogP contribution in [-0.4, -0.2) is 29.1 Å². The Morgan fingerprint density at radius 2 is 1.88 bits per heavy atom. The first-order valence-electron chi connectivity index (χ1n) is 2.60. The molecule has 0 aromatic rings. The normalized spacial score (nSPS) is 16.1. The fourth-order valence-electron chi connectivity index (χ4n) is 0.273. The van der Waals surface area contributed by atoms with E-state index in [-0.39, 0.29) is 6.04 Å². The zero-order valence-electron chi connectivity index (χ0n) is 5.47. The highest BCUT2D eigenvalue weighted by molar-refractivity contribution is 4.70. The molecule has 8 heavy (non-hydrogen) atoms. The highest BCUT2D eigenvalue weighted by atomic mass is 16.5. The minimum absolute atomic E-state index is 0.289. The maximum absolute atomic E-state index is 8.78. The summed E-state index contributed by atoms with van der Waals surface area (Å²) in [5.41, 5.74) is 0. The monoisotopic (exact) mass is 119 g/mol. The number of nitrogens with one attached hydrogen (secondary N) is 1. The Morgan fingerprint density at radius 3 is 1.88 bits per heavy atom. The van der Waals surface area contributed by atoms with Gasteiger partial charge >= 0.3 is 0 Å². The summed E-state index contributed by atoms with van der Waals surface area (Å²) in [6.45, 7) is 3.04. The van der Waals surface area contributed by atoms with Crippen molar-refractivity contribution in [3.05, 3.63) is 0 Å². The predicted octanol–water partition coefficient (Wildman–Crippen LogP) is -0.705. The summed E-state index contributed by atoms with van der Waals surface area (Å²) in [5.74, 6) is -1.60. The predicted molar refractivity (Wildman–Crippen MR) is 31.4 cm³/mol. The Kier molecular flexibility index (Phi) is 2.40. The van der Waals surface area contributed by atoms with Crippen molar-refractivity contribution < 1.29 is 10.2 Å². The van der Waals surface area contributed by atoms with Crippen LogP contribution in [0.4, 0.5) is 0 Å². The molecule has 0 aromatic carbocycles. The van der Waals surface area contributed by atoms with Gasteiger partial charge in [-0.1, -0.05) is 0 Å². The fourth-order valence-corrected chi connectivity index (χ4v) is 0.273. The lowest BCUT2D eigenvalue weighted by Gasteiger charge is -2.23. The summed E-state index contributed by atoms with van der Waals surface area (Å²) in [5, 5.41) is 20.3. The molecule has 1 unspecified atom stereocenters. The van der Waals surface area contributed by atoms with Crippen molar-refractivity contribution in [1.29, 1.82) is 0 Å². The lowest BCUT2D eigenvalue weighted by Crippen LogP contribution is -2.44. The zero-order valence-corrected chi connectivity index (χ0v) is 5.47. The number of hydrogen-bond acceptors (Lipinski definition) is 3. The summed E-state index contributed by atoms with van der Waals surface area (Å²) >= 11 is 0. The Morgan fingerprint density at radius 1 is 1.50 bits per heavy atom. The SMILES string of the molecule is CNC(C)C(C)(O)O. The molecule has 50 valence electrons. The standard InChI is InChI=1S/C5H13NO2/c1-4(6-3)5(2,7)8/h4,6-8H,1-3H3. The lowest BCUT2D eigenvalue weighted by molar-refractivity contribution is -0.163. The van der Waals surface area contributed by atoms with Crippen molar-refractivity contribution in [3.8, 4) is 0 Å². The van der Waals surface area contributed by atoms with Gasteiger partial charge in [-0.3, -0.25) is 0 Å². The highest BCUT2D eigenvalue weighted by Gasteiger charge is 2.22. The van der Waals surface area contributed by atoms with E-state index in [4.69, 9.17) is 10.2 Å². The van der Waals surface area contributed by atoms with Crippen LogP contribution in [-0.2, 0) is 0 Å². The third-order valence-corrected chi connectivity index (χ3v) is 1.25. The maximum atomic E-state index is 8.78. The first-order valence-corrected chi connectivity index (χ1v) is 2.60. The molecule has 0 radical (unpaired) electrons. The summed E-state index contributed by atoms with van der Waals surface area (Å²) < 4.78 is 0. The van der Waals surface area contributed by atoms with Gasteiger partial charge in [0.25, 0.3) is 0 Å². The average Bonchev–Trinajstić information content (AvgIpc) is 1.62. The highest BCUT2D eigenvalue weighted by Crippen LogP contribution is 2.01. The Hall–Kier alpha value is -0.120. The number of rotatable bonds is 2. The van der Waals surface area contributed by atoms with Gasteiger partial charge in [-0.05, 0) is 20.9 Å². The van der Waals surface area contributed by atoms with Crippen LogP contribution in [0.3, 0.4) is 0 Å². The van der Waals surface area contributed by atoms with Gasteiger partial charge in [-0.15, -0.1) is 0 Å². The van der Waals surface area contributed by atoms with Crippen molar-refractivity contribution in [2.45, 2.75) is 25.7 Å². The second-order valence-electron chi connectivity index (χ2n) is 2.10. The van der Waals surface area contributed by atoms with E-state index in [2.05, 4.69) is 5.32 Å². The van der Waals surface area contributed by atoms with Crippen LogP contribution in [0.15, 0.2) is 0 Å². The molecule has 0 saturated heterocycles. The molecule has 0 rings (SSSR count). The topological polar surface area (TPSA) is 52.5 Å². The first kappa shape index (κ1) is 7.88. The largest absolute Gasteiger partial charge is 0.365 e. The molecule has 3 N–H and O–H groups in total. The lowest BCUT2D eigenvalue weighted by atomic mass is 10.2. The van der Waals surface area contributed by atoms with E-state index < -0.39 is 5.79 Å². The van der Waals surface area contributed by atoms with E-state index in [0.717, 1.165) is 0 Å². The molecule has 1 atom stereocenters. The number of aliphatic hydroxyl groups is 2. The van der Waals surface area contributed by atoms with Crippen LogP contribution >= 0.6 is 0 Å². The molecule has 0 amide bonds. The van der Waals surface area contributed by atoms with Gasteiger partial charge < -0.3 is 15.5 Å². The number of likely N-dealkylation sites (N-methyl/N-ethyl adjacent to an activating group) is 1. The molecule has 0 fully saturated rings. The Bertz CT molecular complexity index is 67.3. The first-order chi connectivity index (χ1) is 3.48. The third-order valence-electron chi connectivity index (χ3n) is 1.25. The van der Waals surface area contributed by atoms with Gasteiger partial charge in [-0.25, -0.2) is 0 Å². The molecular formula is C5H13NO2. The second kappa shape index (κ2) is 2.44. The van der Waals surface area contributed by atoms with Crippen LogP contribution in [0, 0.1) is 0 Å². The molecule has 0 aliphatic heterocycles. The van der Waals surface area contributed by atoms with E-state index in [1.807, 2.05) is 0 Å². The molecule has 0 aromatic heterocycles. The van der Waals surface area contributed by atoms with Gasteiger partial charge in [0.1, 0.15) is 0 Å². The van der Waals surface area contributed by atoms with Crippen LogP contribution in [0.1, 0.15) is 13.8 Å². The van der Waals surface area contributed by atoms with E-state index in [1.54, 1.807) is 14.0 Å². The molecule has 0 heterocycles. The van der Waals surface area contributed by atoms with E-state index in [0.29, 0.717) is 0 Å². The van der Waals surface area contributed by atoms with Crippen molar-refractivity contribution >= 4 is 0 Å². The summed E-state index contributed by atoms with van der Waals surface area (Å²) in [6, 6.07) is -0.289. The minimum atomic E-state index is -1.60. The van der Waals surface area contributed by atoms with E-state index in [9.17, 15) is 0 Å². The van der Waals surface area contributed by atoms with E-state index >= 15 is 0 Å². The third kappa shape index (κ3) is 2.26. The average molecular weight is 119 g/mol. The summed E-state index contributed by atoms with van der Waals surface area (Å²) in [4.78, 5) is 0. The number of hydrogen-bond donors (Lipinski definition) is 3. The molecule has 0 saturated carbocycles.